The fraction of sp³-hybridized carbons (Fsp3) is 0. The molecule has 0 aliphatic heterocycles. The van der Waals surface area contributed by atoms with E-state index in [-0.39, 0.29) is 5.82 Å². The number of hydrogen-bond donors (Lipinski definition) is 1. The molecular formula is C14H10FN3O. The van der Waals surface area contributed by atoms with Crippen LogP contribution in [0.4, 0.5) is 10.1 Å². The summed E-state index contributed by atoms with van der Waals surface area (Å²) in [6, 6.07) is 13.2. The average molecular weight is 255 g/mol. The van der Waals surface area contributed by atoms with Crippen molar-refractivity contribution in [2.45, 2.75) is 0 Å². The lowest BCUT2D eigenvalue weighted by atomic mass is 10.2. The summed E-state index contributed by atoms with van der Waals surface area (Å²) in [6.45, 7) is 0. The largest absolute Gasteiger partial charge is 0.398 e. The van der Waals surface area contributed by atoms with Gasteiger partial charge in [0.25, 0.3) is 5.89 Å². The predicted molar refractivity (Wildman–Crippen MR) is 69.5 cm³/mol. The average Bonchev–Trinajstić information content (AvgIpc) is 2.89. The van der Waals surface area contributed by atoms with Crippen molar-refractivity contribution in [1.82, 2.24) is 10.1 Å². The molecule has 2 N–H and O–H groups in total. The minimum atomic E-state index is -0.344. The van der Waals surface area contributed by atoms with E-state index in [9.17, 15) is 4.39 Å². The van der Waals surface area contributed by atoms with Crippen molar-refractivity contribution in [3.05, 3.63) is 54.3 Å². The fourth-order valence-electron chi connectivity index (χ4n) is 1.77. The zero-order chi connectivity index (χ0) is 13.2. The summed E-state index contributed by atoms with van der Waals surface area (Å²) in [4.78, 5) is 4.23. The van der Waals surface area contributed by atoms with Crippen LogP contribution in [0, 0.1) is 5.82 Å². The van der Waals surface area contributed by atoms with Crippen molar-refractivity contribution in [2.24, 2.45) is 0 Å². The maximum Gasteiger partial charge on any atom is 0.260 e. The maximum atomic E-state index is 13.1. The van der Waals surface area contributed by atoms with Crippen LogP contribution in [0.25, 0.3) is 22.8 Å². The van der Waals surface area contributed by atoms with Crippen LogP contribution >= 0.6 is 0 Å². The molecule has 0 atom stereocenters. The molecule has 0 aliphatic carbocycles. The van der Waals surface area contributed by atoms with Gasteiger partial charge in [0.05, 0.1) is 5.56 Å². The lowest BCUT2D eigenvalue weighted by Gasteiger charge is -1.97. The van der Waals surface area contributed by atoms with Crippen molar-refractivity contribution < 1.29 is 8.91 Å². The minimum absolute atomic E-state index is 0.317. The Morgan fingerprint density at radius 1 is 1.05 bits per heavy atom. The van der Waals surface area contributed by atoms with Gasteiger partial charge in [0.1, 0.15) is 5.82 Å². The van der Waals surface area contributed by atoms with Gasteiger partial charge in [-0.05, 0) is 24.3 Å². The van der Waals surface area contributed by atoms with E-state index in [2.05, 4.69) is 10.1 Å². The Morgan fingerprint density at radius 3 is 2.68 bits per heavy atom. The highest BCUT2D eigenvalue weighted by Crippen LogP contribution is 2.26. The highest BCUT2D eigenvalue weighted by molar-refractivity contribution is 5.71. The van der Waals surface area contributed by atoms with E-state index in [0.717, 1.165) is 0 Å². The van der Waals surface area contributed by atoms with Crippen LogP contribution in [-0.2, 0) is 0 Å². The Bertz CT molecular complexity index is 724. The van der Waals surface area contributed by atoms with E-state index in [1.165, 1.54) is 12.1 Å². The molecule has 2 aromatic carbocycles. The van der Waals surface area contributed by atoms with Crippen LogP contribution in [0.15, 0.2) is 53.1 Å². The van der Waals surface area contributed by atoms with Gasteiger partial charge in [0.2, 0.25) is 5.82 Å². The summed E-state index contributed by atoms with van der Waals surface area (Å²) in [5.41, 5.74) is 7.61. The highest BCUT2D eigenvalue weighted by Gasteiger charge is 2.12. The molecule has 0 spiro atoms. The van der Waals surface area contributed by atoms with Crippen LogP contribution in [0.3, 0.4) is 0 Å². The molecule has 0 saturated carbocycles. The highest BCUT2D eigenvalue weighted by atomic mass is 19.1. The molecule has 0 bridgehead atoms. The molecule has 1 aromatic heterocycles. The number of rotatable bonds is 2. The van der Waals surface area contributed by atoms with Gasteiger partial charge in [-0.3, -0.25) is 0 Å². The number of halogens is 1. The summed E-state index contributed by atoms with van der Waals surface area (Å²) in [7, 11) is 0. The van der Waals surface area contributed by atoms with Gasteiger partial charge in [-0.15, -0.1) is 0 Å². The van der Waals surface area contributed by atoms with Crippen molar-refractivity contribution in [3.8, 4) is 22.8 Å². The van der Waals surface area contributed by atoms with Crippen molar-refractivity contribution in [3.63, 3.8) is 0 Å². The second-order valence-corrected chi connectivity index (χ2v) is 4.02. The molecule has 0 unspecified atom stereocenters. The molecule has 5 heteroatoms. The molecule has 0 radical (unpaired) electrons. The molecule has 1 heterocycles. The van der Waals surface area contributed by atoms with E-state index in [4.69, 9.17) is 10.3 Å². The summed E-state index contributed by atoms with van der Waals surface area (Å²) < 4.78 is 18.3. The molecule has 0 aliphatic rings. The zero-order valence-corrected chi connectivity index (χ0v) is 9.88. The molecule has 19 heavy (non-hydrogen) atoms. The first-order valence-corrected chi connectivity index (χ1v) is 5.68. The minimum Gasteiger partial charge on any atom is -0.398 e. The van der Waals surface area contributed by atoms with Gasteiger partial charge in [0, 0.05) is 11.3 Å². The number of para-hydroxylation sites is 1. The number of anilines is 1. The molecule has 3 rings (SSSR count). The third-order valence-electron chi connectivity index (χ3n) is 2.70. The predicted octanol–water partition coefficient (Wildman–Crippen LogP) is 3.12. The molecule has 4 nitrogen and oxygen atoms in total. The van der Waals surface area contributed by atoms with Gasteiger partial charge in [-0.25, -0.2) is 4.39 Å². The quantitative estimate of drug-likeness (QED) is 0.714. The first-order valence-electron chi connectivity index (χ1n) is 5.68. The first kappa shape index (κ1) is 11.4. The molecule has 0 fully saturated rings. The third kappa shape index (κ3) is 2.18. The van der Waals surface area contributed by atoms with Crippen molar-refractivity contribution in [1.29, 1.82) is 0 Å². The Balaban J connectivity index is 2.03. The van der Waals surface area contributed by atoms with E-state index in [1.54, 1.807) is 24.3 Å². The lowest BCUT2D eigenvalue weighted by Crippen LogP contribution is -1.89. The standard InChI is InChI=1S/C14H10FN3O/c15-10-5-3-4-9(8-10)13-17-14(19-18-13)11-6-1-2-7-12(11)16/h1-8H,16H2. The summed E-state index contributed by atoms with van der Waals surface area (Å²) >= 11 is 0. The van der Waals surface area contributed by atoms with Crippen LogP contribution < -0.4 is 5.73 Å². The third-order valence-corrected chi connectivity index (χ3v) is 2.70. The Hall–Kier alpha value is -2.69. The van der Waals surface area contributed by atoms with Gasteiger partial charge < -0.3 is 10.3 Å². The summed E-state index contributed by atoms with van der Waals surface area (Å²) in [5, 5.41) is 3.84. The monoisotopic (exact) mass is 255 g/mol. The number of aromatic nitrogens is 2. The molecular weight excluding hydrogens is 245 g/mol. The zero-order valence-electron chi connectivity index (χ0n) is 9.88. The van der Waals surface area contributed by atoms with Gasteiger partial charge in [0.15, 0.2) is 0 Å². The van der Waals surface area contributed by atoms with Gasteiger partial charge in [-0.1, -0.05) is 29.4 Å². The molecule has 0 saturated heterocycles. The molecule has 3 aromatic rings. The second-order valence-electron chi connectivity index (χ2n) is 4.02. The topological polar surface area (TPSA) is 64.9 Å². The molecule has 0 amide bonds. The summed E-state index contributed by atoms with van der Waals surface area (Å²) in [6.07, 6.45) is 0. The first-order chi connectivity index (χ1) is 9.24. The maximum absolute atomic E-state index is 13.1. The number of nitrogens with two attached hydrogens (primary N) is 1. The van der Waals surface area contributed by atoms with Crippen LogP contribution in [-0.4, -0.2) is 10.1 Å². The molecule has 94 valence electrons. The SMILES string of the molecule is Nc1ccccc1-c1nc(-c2cccc(F)c2)no1. The van der Waals surface area contributed by atoms with Gasteiger partial charge >= 0.3 is 0 Å². The van der Waals surface area contributed by atoms with Crippen molar-refractivity contribution in [2.75, 3.05) is 5.73 Å². The Labute approximate surface area is 108 Å². The second kappa shape index (κ2) is 4.53. The fourth-order valence-corrected chi connectivity index (χ4v) is 1.77. The van der Waals surface area contributed by atoms with E-state index < -0.39 is 0 Å². The van der Waals surface area contributed by atoms with Crippen LogP contribution in [0.1, 0.15) is 0 Å². The van der Waals surface area contributed by atoms with Crippen LogP contribution in [0.5, 0.6) is 0 Å². The Morgan fingerprint density at radius 2 is 1.89 bits per heavy atom. The number of nitrogens with zero attached hydrogens (tertiary/aromatic N) is 2. The van der Waals surface area contributed by atoms with E-state index in [0.29, 0.717) is 28.5 Å². The van der Waals surface area contributed by atoms with Gasteiger partial charge in [-0.2, -0.15) is 4.98 Å². The van der Waals surface area contributed by atoms with Crippen molar-refractivity contribution >= 4 is 5.69 Å². The lowest BCUT2D eigenvalue weighted by molar-refractivity contribution is 0.432. The Kier molecular flexibility index (Phi) is 2.72. The van der Waals surface area contributed by atoms with Crippen LogP contribution in [0.2, 0.25) is 0 Å². The normalized spacial score (nSPS) is 10.6. The van der Waals surface area contributed by atoms with E-state index >= 15 is 0 Å². The summed E-state index contributed by atoms with van der Waals surface area (Å²) in [5.74, 6) is 0.304. The number of nitrogen functional groups attached to an aromatic ring is 1. The number of hydrogen-bond acceptors (Lipinski definition) is 4. The number of benzene rings is 2. The van der Waals surface area contributed by atoms with E-state index in [1.807, 2.05) is 12.1 Å². The smallest absolute Gasteiger partial charge is 0.260 e.